The third-order valence-electron chi connectivity index (χ3n) is 3.49. The summed E-state index contributed by atoms with van der Waals surface area (Å²) in [6, 6.07) is 5.68. The quantitative estimate of drug-likeness (QED) is 0.918. The maximum absolute atomic E-state index is 6.49. The molecule has 3 nitrogen and oxygen atoms in total. The Kier molecular flexibility index (Phi) is 4.49. The first-order valence-electron chi connectivity index (χ1n) is 6.32. The van der Waals surface area contributed by atoms with E-state index in [0.717, 1.165) is 55.2 Å². The van der Waals surface area contributed by atoms with Gasteiger partial charge in [-0.15, -0.1) is 0 Å². The molecule has 0 radical (unpaired) electrons. The number of ether oxygens (including phenoxy) is 2. The lowest BCUT2D eigenvalue weighted by molar-refractivity contribution is 0.139. The smallest absolute Gasteiger partial charge is 0.122 e. The van der Waals surface area contributed by atoms with E-state index in [1.807, 2.05) is 18.2 Å². The molecule has 0 amide bonds. The van der Waals surface area contributed by atoms with E-state index in [1.165, 1.54) is 0 Å². The summed E-state index contributed by atoms with van der Waals surface area (Å²) in [5.41, 5.74) is 7.35. The molecular formula is C14H20ClNO2. The van der Waals surface area contributed by atoms with Crippen LogP contribution in [0.4, 0.5) is 0 Å². The molecule has 1 aromatic rings. The SMILES string of the molecule is COc1ccc(Cl)cc1CC1(N)CCCOCC1. The first-order chi connectivity index (χ1) is 8.63. The highest BCUT2D eigenvalue weighted by Gasteiger charge is 2.28. The summed E-state index contributed by atoms with van der Waals surface area (Å²) in [5.74, 6) is 0.856. The number of rotatable bonds is 3. The van der Waals surface area contributed by atoms with E-state index >= 15 is 0 Å². The van der Waals surface area contributed by atoms with Crippen molar-refractivity contribution in [2.45, 2.75) is 31.2 Å². The van der Waals surface area contributed by atoms with E-state index in [2.05, 4.69) is 0 Å². The molecular weight excluding hydrogens is 250 g/mol. The largest absolute Gasteiger partial charge is 0.496 e. The fraction of sp³-hybridized carbons (Fsp3) is 0.571. The van der Waals surface area contributed by atoms with Crippen LogP contribution in [-0.2, 0) is 11.2 Å². The lowest BCUT2D eigenvalue weighted by atomic mass is 9.85. The van der Waals surface area contributed by atoms with Crippen molar-refractivity contribution >= 4 is 11.6 Å². The van der Waals surface area contributed by atoms with E-state index in [1.54, 1.807) is 7.11 Å². The number of hydrogen-bond acceptors (Lipinski definition) is 3. The summed E-state index contributed by atoms with van der Waals surface area (Å²) >= 11 is 6.05. The molecule has 0 aromatic heterocycles. The van der Waals surface area contributed by atoms with Gasteiger partial charge in [0.1, 0.15) is 5.75 Å². The van der Waals surface area contributed by atoms with Gasteiger partial charge in [-0.25, -0.2) is 0 Å². The standard InChI is InChI=1S/C14H20ClNO2/c1-17-13-4-3-12(15)9-11(13)10-14(16)5-2-7-18-8-6-14/h3-4,9H,2,5-8,10,16H2,1H3. The van der Waals surface area contributed by atoms with Gasteiger partial charge in [0.25, 0.3) is 0 Å². The van der Waals surface area contributed by atoms with Gasteiger partial charge >= 0.3 is 0 Å². The van der Waals surface area contributed by atoms with Crippen molar-refractivity contribution in [3.05, 3.63) is 28.8 Å². The zero-order valence-electron chi connectivity index (χ0n) is 10.7. The molecule has 1 atom stereocenters. The van der Waals surface area contributed by atoms with E-state index < -0.39 is 0 Å². The molecule has 1 heterocycles. The molecule has 0 saturated carbocycles. The van der Waals surface area contributed by atoms with E-state index in [0.29, 0.717) is 0 Å². The number of benzene rings is 1. The van der Waals surface area contributed by atoms with Crippen molar-refractivity contribution in [2.75, 3.05) is 20.3 Å². The molecule has 18 heavy (non-hydrogen) atoms. The molecule has 1 unspecified atom stereocenters. The lowest BCUT2D eigenvalue weighted by Crippen LogP contribution is -2.42. The average molecular weight is 270 g/mol. The third-order valence-corrected chi connectivity index (χ3v) is 3.73. The fourth-order valence-corrected chi connectivity index (χ4v) is 2.66. The Bertz CT molecular complexity index is 401. The number of halogens is 1. The predicted molar refractivity (Wildman–Crippen MR) is 73.3 cm³/mol. The predicted octanol–water partition coefficient (Wildman–Crippen LogP) is 2.79. The molecule has 2 rings (SSSR count). The molecule has 1 aromatic carbocycles. The second kappa shape index (κ2) is 5.91. The minimum absolute atomic E-state index is 0.214. The van der Waals surface area contributed by atoms with Crippen molar-refractivity contribution in [3.63, 3.8) is 0 Å². The second-order valence-electron chi connectivity index (χ2n) is 4.96. The van der Waals surface area contributed by atoms with Crippen LogP contribution in [-0.4, -0.2) is 25.9 Å². The highest BCUT2D eigenvalue weighted by atomic mass is 35.5. The van der Waals surface area contributed by atoms with Crippen LogP contribution in [0.25, 0.3) is 0 Å². The fourth-order valence-electron chi connectivity index (χ4n) is 2.47. The Labute approximate surface area is 113 Å². The average Bonchev–Trinajstić information content (AvgIpc) is 2.54. The summed E-state index contributed by atoms with van der Waals surface area (Å²) in [6.45, 7) is 1.55. The Morgan fingerprint density at radius 3 is 3.00 bits per heavy atom. The molecule has 2 N–H and O–H groups in total. The van der Waals surface area contributed by atoms with Gasteiger partial charge in [0.2, 0.25) is 0 Å². The normalized spacial score (nSPS) is 24.6. The molecule has 4 heteroatoms. The van der Waals surface area contributed by atoms with Crippen molar-refractivity contribution in [1.82, 2.24) is 0 Å². The molecule has 100 valence electrons. The van der Waals surface area contributed by atoms with Crippen molar-refractivity contribution in [1.29, 1.82) is 0 Å². The molecule has 1 aliphatic rings. The highest BCUT2D eigenvalue weighted by molar-refractivity contribution is 6.30. The van der Waals surface area contributed by atoms with Crippen LogP contribution >= 0.6 is 11.6 Å². The monoisotopic (exact) mass is 269 g/mol. The van der Waals surface area contributed by atoms with Crippen molar-refractivity contribution in [3.8, 4) is 5.75 Å². The summed E-state index contributed by atoms with van der Waals surface area (Å²) in [4.78, 5) is 0. The van der Waals surface area contributed by atoms with Gasteiger partial charge in [0.15, 0.2) is 0 Å². The summed E-state index contributed by atoms with van der Waals surface area (Å²) < 4.78 is 10.8. The minimum atomic E-state index is -0.214. The highest BCUT2D eigenvalue weighted by Crippen LogP contribution is 2.29. The van der Waals surface area contributed by atoms with Crippen LogP contribution in [0.2, 0.25) is 5.02 Å². The molecule has 0 aliphatic carbocycles. The first kappa shape index (κ1) is 13.7. The molecule has 1 saturated heterocycles. The second-order valence-corrected chi connectivity index (χ2v) is 5.40. The van der Waals surface area contributed by atoms with Gasteiger partial charge in [0, 0.05) is 23.8 Å². The molecule has 0 spiro atoms. The summed E-state index contributed by atoms with van der Waals surface area (Å²) in [6.07, 6.45) is 3.64. The van der Waals surface area contributed by atoms with E-state index in [9.17, 15) is 0 Å². The maximum Gasteiger partial charge on any atom is 0.122 e. The summed E-state index contributed by atoms with van der Waals surface area (Å²) in [7, 11) is 1.67. The molecule has 0 bridgehead atoms. The van der Waals surface area contributed by atoms with Crippen LogP contribution in [0.3, 0.4) is 0 Å². The molecule has 1 aliphatic heterocycles. The summed E-state index contributed by atoms with van der Waals surface area (Å²) in [5, 5.41) is 0.722. The Hall–Kier alpha value is -0.770. The van der Waals surface area contributed by atoms with Gasteiger partial charge in [-0.3, -0.25) is 0 Å². The first-order valence-corrected chi connectivity index (χ1v) is 6.70. The van der Waals surface area contributed by atoms with Crippen LogP contribution in [0, 0.1) is 0 Å². The lowest BCUT2D eigenvalue weighted by Gasteiger charge is -2.28. The zero-order chi connectivity index (χ0) is 13.0. The van der Waals surface area contributed by atoms with Crippen LogP contribution in [0.5, 0.6) is 5.75 Å². The van der Waals surface area contributed by atoms with Gasteiger partial charge < -0.3 is 15.2 Å². The Morgan fingerprint density at radius 1 is 1.39 bits per heavy atom. The van der Waals surface area contributed by atoms with Crippen LogP contribution < -0.4 is 10.5 Å². The Morgan fingerprint density at radius 2 is 2.22 bits per heavy atom. The third kappa shape index (κ3) is 3.37. The number of nitrogens with two attached hydrogens (primary N) is 1. The van der Waals surface area contributed by atoms with Crippen molar-refractivity contribution in [2.24, 2.45) is 5.73 Å². The zero-order valence-corrected chi connectivity index (χ0v) is 11.5. The number of hydrogen-bond donors (Lipinski definition) is 1. The topological polar surface area (TPSA) is 44.5 Å². The molecule has 1 fully saturated rings. The van der Waals surface area contributed by atoms with Crippen LogP contribution in [0.15, 0.2) is 18.2 Å². The van der Waals surface area contributed by atoms with Crippen molar-refractivity contribution < 1.29 is 9.47 Å². The minimum Gasteiger partial charge on any atom is -0.496 e. The number of methoxy groups -OCH3 is 1. The Balaban J connectivity index is 2.18. The van der Waals surface area contributed by atoms with E-state index in [-0.39, 0.29) is 5.54 Å². The maximum atomic E-state index is 6.49. The van der Waals surface area contributed by atoms with Gasteiger partial charge in [-0.05, 0) is 49.4 Å². The van der Waals surface area contributed by atoms with E-state index in [4.69, 9.17) is 26.8 Å². The van der Waals surface area contributed by atoms with Crippen LogP contribution in [0.1, 0.15) is 24.8 Å². The van der Waals surface area contributed by atoms with Gasteiger partial charge in [0.05, 0.1) is 7.11 Å². The van der Waals surface area contributed by atoms with Gasteiger partial charge in [-0.2, -0.15) is 0 Å². The van der Waals surface area contributed by atoms with Gasteiger partial charge in [-0.1, -0.05) is 11.6 Å².